The summed E-state index contributed by atoms with van der Waals surface area (Å²) in [5.74, 6) is 0. The predicted molar refractivity (Wildman–Crippen MR) is 128 cm³/mol. The molecule has 3 aromatic heterocycles. The van der Waals surface area contributed by atoms with Crippen LogP contribution in [0.4, 0.5) is 0 Å². The van der Waals surface area contributed by atoms with Gasteiger partial charge in [-0.15, -0.1) is 0 Å². The normalized spacial score (nSPS) is 11.7. The van der Waals surface area contributed by atoms with Crippen LogP contribution >= 0.6 is 23.2 Å². The number of hydrogen-bond acceptors (Lipinski definition) is 2. The van der Waals surface area contributed by atoms with E-state index >= 15 is 0 Å². The van der Waals surface area contributed by atoms with Gasteiger partial charge in [-0.25, -0.2) is 0 Å². The lowest BCUT2D eigenvalue weighted by atomic mass is 10.0. The van der Waals surface area contributed by atoms with E-state index in [-0.39, 0.29) is 5.56 Å². The van der Waals surface area contributed by atoms with Crippen LogP contribution < -0.4 is 5.56 Å². The molecule has 0 radical (unpaired) electrons. The summed E-state index contributed by atoms with van der Waals surface area (Å²) in [6.45, 7) is 2.03. The zero-order valence-corrected chi connectivity index (χ0v) is 19.1. The average Bonchev–Trinajstić information content (AvgIpc) is 3.21. The summed E-state index contributed by atoms with van der Waals surface area (Å²) in [6, 6.07) is 15.5. The van der Waals surface area contributed by atoms with Gasteiger partial charge in [0, 0.05) is 59.3 Å². The van der Waals surface area contributed by atoms with Gasteiger partial charge in [-0.3, -0.25) is 14.0 Å². The summed E-state index contributed by atoms with van der Waals surface area (Å²) in [7, 11) is 5.71. The van der Waals surface area contributed by atoms with E-state index in [1.807, 2.05) is 36.3 Å². The highest BCUT2D eigenvalue weighted by molar-refractivity contribution is 6.36. The smallest absolute Gasteiger partial charge is 0.259 e. The van der Waals surface area contributed by atoms with Gasteiger partial charge in [0.05, 0.1) is 16.2 Å². The van der Waals surface area contributed by atoms with Gasteiger partial charge in [0.15, 0.2) is 0 Å². The van der Waals surface area contributed by atoms with Gasteiger partial charge in [0.25, 0.3) is 5.56 Å². The first-order valence-corrected chi connectivity index (χ1v) is 10.6. The highest BCUT2D eigenvalue weighted by Crippen LogP contribution is 2.35. The van der Waals surface area contributed by atoms with Crippen molar-refractivity contribution in [1.82, 2.24) is 18.9 Å². The maximum atomic E-state index is 13.2. The van der Waals surface area contributed by atoms with Crippen LogP contribution in [0.5, 0.6) is 0 Å². The third kappa shape index (κ3) is 2.99. The van der Waals surface area contributed by atoms with Crippen molar-refractivity contribution in [2.24, 2.45) is 21.1 Å². The van der Waals surface area contributed by atoms with Crippen molar-refractivity contribution in [3.05, 3.63) is 74.6 Å². The van der Waals surface area contributed by atoms with Gasteiger partial charge >= 0.3 is 0 Å². The van der Waals surface area contributed by atoms with E-state index in [1.165, 1.54) is 0 Å². The molecule has 5 aromatic rings. The number of halogens is 2. The molecule has 0 atom stereocenters. The molecule has 0 saturated carbocycles. The summed E-state index contributed by atoms with van der Waals surface area (Å²) < 4.78 is 5.60. The van der Waals surface area contributed by atoms with Crippen LogP contribution in [-0.4, -0.2) is 18.9 Å². The Hall–Kier alpha value is -3.02. The van der Waals surface area contributed by atoms with E-state index in [2.05, 4.69) is 29.4 Å². The Balaban J connectivity index is 1.84. The van der Waals surface area contributed by atoms with E-state index in [9.17, 15) is 4.79 Å². The molecule has 156 valence electrons. The van der Waals surface area contributed by atoms with Crippen LogP contribution in [0.1, 0.15) is 5.69 Å². The molecule has 0 aliphatic carbocycles. The molecule has 5 nitrogen and oxygen atoms in total. The van der Waals surface area contributed by atoms with Gasteiger partial charge in [0.1, 0.15) is 5.65 Å². The first-order valence-electron chi connectivity index (χ1n) is 9.85. The van der Waals surface area contributed by atoms with Crippen LogP contribution in [0.15, 0.2) is 53.3 Å². The molecule has 3 heterocycles. The zero-order chi connectivity index (χ0) is 22.0. The number of nitrogens with zero attached hydrogens (tertiary/aromatic N) is 4. The standard InChI is InChI=1S/C24H20Cl2N4O/c1-13-9-21(27-30(13)4)14-5-8-22-17(10-14)18-12-19(16-7-6-15(25)11-20(16)26)24(31)29(3)23(18)28(22)2/h5-12H,1-4H3. The molecule has 5 rings (SSSR count). The van der Waals surface area contributed by atoms with Crippen LogP contribution in [-0.2, 0) is 21.1 Å². The Kier molecular flexibility index (Phi) is 4.50. The minimum Gasteiger partial charge on any atom is -0.330 e. The SMILES string of the molecule is Cc1cc(-c2ccc3c(c2)c2cc(-c4ccc(Cl)cc4Cl)c(=O)n(C)c2n3C)nn1C. The molecule has 0 saturated heterocycles. The molecule has 0 fully saturated rings. The number of rotatable bonds is 2. The van der Waals surface area contributed by atoms with Crippen LogP contribution in [0.25, 0.3) is 44.3 Å². The summed E-state index contributed by atoms with van der Waals surface area (Å²) >= 11 is 12.5. The maximum Gasteiger partial charge on any atom is 0.259 e. The third-order valence-electron chi connectivity index (χ3n) is 5.98. The van der Waals surface area contributed by atoms with Crippen LogP contribution in [0.2, 0.25) is 10.0 Å². The lowest BCUT2D eigenvalue weighted by molar-refractivity contribution is 0.743. The quantitative estimate of drug-likeness (QED) is 0.345. The molecule has 7 heteroatoms. The predicted octanol–water partition coefficient (Wildman–Crippen LogP) is 5.71. The van der Waals surface area contributed by atoms with Crippen molar-refractivity contribution in [2.75, 3.05) is 0 Å². The molecule has 0 bridgehead atoms. The number of aromatic nitrogens is 4. The lowest BCUT2D eigenvalue weighted by Crippen LogP contribution is -2.20. The van der Waals surface area contributed by atoms with Crippen molar-refractivity contribution in [2.45, 2.75) is 6.92 Å². The molecular formula is C24H20Cl2N4O. The van der Waals surface area contributed by atoms with Gasteiger partial charge < -0.3 is 4.57 Å². The Morgan fingerprint density at radius 2 is 1.61 bits per heavy atom. The maximum absolute atomic E-state index is 13.2. The fourth-order valence-electron chi connectivity index (χ4n) is 4.25. The first-order chi connectivity index (χ1) is 14.8. The molecule has 0 unspecified atom stereocenters. The van der Waals surface area contributed by atoms with Crippen LogP contribution in [0, 0.1) is 6.92 Å². The molecule has 0 amide bonds. The van der Waals surface area contributed by atoms with Crippen molar-refractivity contribution >= 4 is 45.1 Å². The second-order valence-corrected chi connectivity index (χ2v) is 8.71. The number of fused-ring (bicyclic) bond motifs is 3. The van der Waals surface area contributed by atoms with E-state index in [4.69, 9.17) is 23.2 Å². The van der Waals surface area contributed by atoms with Gasteiger partial charge in [0.2, 0.25) is 0 Å². The molecule has 0 aliphatic rings. The topological polar surface area (TPSA) is 44.8 Å². The van der Waals surface area contributed by atoms with E-state index < -0.39 is 0 Å². The number of pyridine rings is 1. The Bertz CT molecular complexity index is 1550. The fraction of sp³-hybridized carbons (Fsp3) is 0.167. The molecule has 0 N–H and O–H groups in total. The van der Waals surface area contributed by atoms with Crippen molar-refractivity contribution in [3.8, 4) is 22.4 Å². The number of aryl methyl sites for hydroxylation is 4. The summed E-state index contributed by atoms with van der Waals surface area (Å²) in [6.07, 6.45) is 0. The zero-order valence-electron chi connectivity index (χ0n) is 17.6. The first kappa shape index (κ1) is 19.9. The molecule has 2 aromatic carbocycles. The van der Waals surface area contributed by atoms with Crippen molar-refractivity contribution in [3.63, 3.8) is 0 Å². The second kappa shape index (κ2) is 7.01. The summed E-state index contributed by atoms with van der Waals surface area (Å²) in [5, 5.41) is 7.64. The Morgan fingerprint density at radius 1 is 0.839 bits per heavy atom. The highest BCUT2D eigenvalue weighted by Gasteiger charge is 2.18. The van der Waals surface area contributed by atoms with Crippen LogP contribution in [0.3, 0.4) is 0 Å². The third-order valence-corrected chi connectivity index (χ3v) is 6.53. The summed E-state index contributed by atoms with van der Waals surface area (Å²) in [4.78, 5) is 13.2. The minimum atomic E-state index is -0.108. The summed E-state index contributed by atoms with van der Waals surface area (Å²) in [5.41, 5.74) is 6.04. The van der Waals surface area contributed by atoms with Gasteiger partial charge in [-0.05, 0) is 43.3 Å². The molecule has 0 aliphatic heterocycles. The second-order valence-electron chi connectivity index (χ2n) is 7.87. The van der Waals surface area contributed by atoms with Gasteiger partial charge in [-0.1, -0.05) is 35.3 Å². The average molecular weight is 451 g/mol. The van der Waals surface area contributed by atoms with Crippen molar-refractivity contribution < 1.29 is 0 Å². The minimum absolute atomic E-state index is 0.108. The highest BCUT2D eigenvalue weighted by atomic mass is 35.5. The van der Waals surface area contributed by atoms with Gasteiger partial charge in [-0.2, -0.15) is 5.10 Å². The monoisotopic (exact) mass is 450 g/mol. The largest absolute Gasteiger partial charge is 0.330 e. The molecule has 0 spiro atoms. The number of benzene rings is 2. The lowest BCUT2D eigenvalue weighted by Gasteiger charge is -2.09. The Morgan fingerprint density at radius 3 is 2.29 bits per heavy atom. The van der Waals surface area contributed by atoms with E-state index in [1.54, 1.807) is 29.8 Å². The number of hydrogen-bond donors (Lipinski definition) is 0. The Labute approximate surface area is 189 Å². The molecular weight excluding hydrogens is 431 g/mol. The van der Waals surface area contributed by atoms with E-state index in [0.717, 1.165) is 38.9 Å². The molecule has 31 heavy (non-hydrogen) atoms. The fourth-order valence-corrected chi connectivity index (χ4v) is 4.76. The van der Waals surface area contributed by atoms with E-state index in [0.29, 0.717) is 21.2 Å². The van der Waals surface area contributed by atoms with Crippen molar-refractivity contribution in [1.29, 1.82) is 0 Å².